The molecule has 3 aliphatic rings. The molecule has 0 bridgehead atoms. The minimum atomic E-state index is 0.162. The van der Waals surface area contributed by atoms with Gasteiger partial charge in [0.25, 0.3) is 0 Å². The first-order valence-electron chi connectivity index (χ1n) is 8.88. The summed E-state index contributed by atoms with van der Waals surface area (Å²) >= 11 is 0. The second-order valence-electron chi connectivity index (χ2n) is 8.65. The number of nitrogens with one attached hydrogen (secondary N) is 1. The Morgan fingerprint density at radius 2 is 1.65 bits per heavy atom. The van der Waals surface area contributed by atoms with E-state index >= 15 is 0 Å². The summed E-state index contributed by atoms with van der Waals surface area (Å²) in [7, 11) is 0. The summed E-state index contributed by atoms with van der Waals surface area (Å²) in [5, 5.41) is 3.75. The molecule has 0 radical (unpaired) electrons. The first kappa shape index (κ1) is 14.8. The Labute approximate surface area is 125 Å². The molecular weight excluding hydrogens is 246 g/mol. The van der Waals surface area contributed by atoms with Gasteiger partial charge in [0.2, 0.25) is 0 Å². The smallest absolute Gasteiger partial charge is 0.0810 e. The molecule has 0 aromatic carbocycles. The Hall–Kier alpha value is -0.0800. The Kier molecular flexibility index (Phi) is 4.16. The zero-order valence-electron chi connectivity index (χ0n) is 13.7. The molecule has 2 nitrogen and oxygen atoms in total. The van der Waals surface area contributed by atoms with Crippen LogP contribution in [0.25, 0.3) is 0 Å². The Morgan fingerprint density at radius 1 is 1.00 bits per heavy atom. The van der Waals surface area contributed by atoms with E-state index < -0.39 is 0 Å². The van der Waals surface area contributed by atoms with Gasteiger partial charge in [-0.25, -0.2) is 0 Å². The van der Waals surface area contributed by atoms with Crippen LogP contribution >= 0.6 is 0 Å². The third-order valence-electron chi connectivity index (χ3n) is 5.88. The van der Waals surface area contributed by atoms with Gasteiger partial charge in [0.05, 0.1) is 11.7 Å². The van der Waals surface area contributed by atoms with Crippen LogP contribution in [0.2, 0.25) is 0 Å². The first-order chi connectivity index (χ1) is 9.47. The van der Waals surface area contributed by atoms with Crippen LogP contribution in [-0.2, 0) is 4.74 Å². The van der Waals surface area contributed by atoms with Crippen molar-refractivity contribution in [2.24, 2.45) is 11.3 Å². The van der Waals surface area contributed by atoms with Crippen LogP contribution in [0, 0.1) is 11.3 Å². The van der Waals surface area contributed by atoms with Crippen LogP contribution in [0.1, 0.15) is 78.6 Å². The lowest BCUT2D eigenvalue weighted by Crippen LogP contribution is -2.50. The van der Waals surface area contributed by atoms with Gasteiger partial charge in [0.15, 0.2) is 0 Å². The van der Waals surface area contributed by atoms with Crippen molar-refractivity contribution >= 4 is 0 Å². The van der Waals surface area contributed by atoms with E-state index in [0.29, 0.717) is 11.5 Å². The third kappa shape index (κ3) is 3.57. The predicted octanol–water partition coefficient (Wildman–Crippen LogP) is 4.28. The maximum atomic E-state index is 6.59. The minimum absolute atomic E-state index is 0.162. The fraction of sp³-hybridized carbons (Fsp3) is 1.00. The van der Waals surface area contributed by atoms with Gasteiger partial charge in [0.1, 0.15) is 0 Å². The zero-order valence-corrected chi connectivity index (χ0v) is 13.7. The van der Waals surface area contributed by atoms with Crippen molar-refractivity contribution in [3.8, 4) is 0 Å². The van der Waals surface area contributed by atoms with Crippen molar-refractivity contribution in [2.75, 3.05) is 6.54 Å². The normalized spacial score (nSPS) is 35.9. The maximum absolute atomic E-state index is 6.59. The molecular formula is C18H33NO. The molecule has 116 valence electrons. The lowest BCUT2D eigenvalue weighted by Gasteiger charge is -2.47. The van der Waals surface area contributed by atoms with E-state index in [1.165, 1.54) is 57.8 Å². The van der Waals surface area contributed by atoms with E-state index in [0.717, 1.165) is 18.5 Å². The molecule has 0 atom stereocenters. The van der Waals surface area contributed by atoms with E-state index in [1.807, 2.05) is 0 Å². The monoisotopic (exact) mass is 279 g/mol. The molecule has 3 aliphatic carbocycles. The van der Waals surface area contributed by atoms with Gasteiger partial charge in [-0.15, -0.1) is 0 Å². The van der Waals surface area contributed by atoms with Crippen molar-refractivity contribution in [1.82, 2.24) is 5.32 Å². The van der Waals surface area contributed by atoms with Crippen LogP contribution in [0.5, 0.6) is 0 Å². The van der Waals surface area contributed by atoms with Gasteiger partial charge in [-0.2, -0.15) is 0 Å². The van der Waals surface area contributed by atoms with E-state index in [-0.39, 0.29) is 5.60 Å². The molecule has 0 spiro atoms. The molecule has 0 unspecified atom stereocenters. The van der Waals surface area contributed by atoms with Crippen molar-refractivity contribution in [1.29, 1.82) is 0 Å². The van der Waals surface area contributed by atoms with Gasteiger partial charge in [0, 0.05) is 12.6 Å². The molecule has 0 aliphatic heterocycles. The van der Waals surface area contributed by atoms with Crippen LogP contribution < -0.4 is 5.32 Å². The van der Waals surface area contributed by atoms with Gasteiger partial charge in [-0.1, -0.05) is 20.8 Å². The molecule has 3 fully saturated rings. The summed E-state index contributed by atoms with van der Waals surface area (Å²) in [5.41, 5.74) is 0.627. The first-order valence-corrected chi connectivity index (χ1v) is 8.88. The zero-order chi connectivity index (χ0) is 14.2. The minimum Gasteiger partial charge on any atom is -0.370 e. The fourth-order valence-corrected chi connectivity index (χ4v) is 3.81. The lowest BCUT2D eigenvalue weighted by atomic mass is 9.68. The van der Waals surface area contributed by atoms with Crippen molar-refractivity contribution in [2.45, 2.75) is 96.3 Å². The van der Waals surface area contributed by atoms with Crippen molar-refractivity contribution in [3.05, 3.63) is 0 Å². The molecule has 0 aromatic rings. The number of hydrogen-bond acceptors (Lipinski definition) is 2. The Balaban J connectivity index is 1.57. The molecule has 20 heavy (non-hydrogen) atoms. The molecule has 0 heterocycles. The highest BCUT2D eigenvalue weighted by molar-refractivity contribution is 4.95. The Bertz CT molecular complexity index is 317. The summed E-state index contributed by atoms with van der Waals surface area (Å²) < 4.78 is 6.59. The van der Waals surface area contributed by atoms with E-state index in [9.17, 15) is 0 Å². The van der Waals surface area contributed by atoms with Gasteiger partial charge < -0.3 is 10.1 Å². The van der Waals surface area contributed by atoms with Crippen LogP contribution in [0.3, 0.4) is 0 Å². The predicted molar refractivity (Wildman–Crippen MR) is 83.9 cm³/mol. The molecule has 0 amide bonds. The van der Waals surface area contributed by atoms with Crippen LogP contribution in [0.4, 0.5) is 0 Å². The summed E-state index contributed by atoms with van der Waals surface area (Å²) in [6, 6.07) is 0.803. The van der Waals surface area contributed by atoms with Gasteiger partial charge in [-0.3, -0.25) is 0 Å². The maximum Gasteiger partial charge on any atom is 0.0810 e. The van der Waals surface area contributed by atoms with Crippen LogP contribution in [0.15, 0.2) is 0 Å². The van der Waals surface area contributed by atoms with Crippen molar-refractivity contribution in [3.63, 3.8) is 0 Å². The van der Waals surface area contributed by atoms with Gasteiger partial charge >= 0.3 is 0 Å². The summed E-state index contributed by atoms with van der Waals surface area (Å²) in [4.78, 5) is 0. The summed E-state index contributed by atoms with van der Waals surface area (Å²) in [6.45, 7) is 8.31. The summed E-state index contributed by atoms with van der Waals surface area (Å²) in [5.74, 6) is 0.876. The second-order valence-corrected chi connectivity index (χ2v) is 8.65. The average Bonchev–Trinajstić information content (AvgIpc) is 3.15. The van der Waals surface area contributed by atoms with Gasteiger partial charge in [-0.05, 0) is 69.1 Å². The van der Waals surface area contributed by atoms with E-state index in [4.69, 9.17) is 4.74 Å². The third-order valence-corrected chi connectivity index (χ3v) is 5.88. The summed E-state index contributed by atoms with van der Waals surface area (Å²) in [6.07, 6.45) is 12.5. The Morgan fingerprint density at radius 3 is 2.10 bits per heavy atom. The van der Waals surface area contributed by atoms with Crippen LogP contribution in [-0.4, -0.2) is 24.3 Å². The molecule has 0 saturated heterocycles. The SMILES string of the molecule is CC(C)(C)C1CCC(CNC2CC2)(OC2CCC2)CC1. The fourth-order valence-electron chi connectivity index (χ4n) is 3.81. The number of hydrogen-bond donors (Lipinski definition) is 1. The highest BCUT2D eigenvalue weighted by Gasteiger charge is 2.42. The molecule has 1 N–H and O–H groups in total. The number of rotatable bonds is 5. The molecule has 2 heteroatoms. The second kappa shape index (κ2) is 5.61. The topological polar surface area (TPSA) is 21.3 Å². The molecule has 3 rings (SSSR count). The quantitative estimate of drug-likeness (QED) is 0.811. The van der Waals surface area contributed by atoms with E-state index in [1.54, 1.807) is 0 Å². The largest absolute Gasteiger partial charge is 0.370 e. The standard InChI is InChI=1S/C18H33NO/c1-17(2,3)14-9-11-18(12-10-14,13-19-15-7-8-15)20-16-5-4-6-16/h14-16,19H,4-13H2,1-3H3. The highest BCUT2D eigenvalue weighted by Crippen LogP contribution is 2.44. The highest BCUT2D eigenvalue weighted by atomic mass is 16.5. The lowest BCUT2D eigenvalue weighted by molar-refractivity contribution is -0.145. The number of ether oxygens (including phenoxy) is 1. The van der Waals surface area contributed by atoms with Crippen molar-refractivity contribution < 1.29 is 4.74 Å². The molecule has 0 aromatic heterocycles. The molecule has 3 saturated carbocycles. The average molecular weight is 279 g/mol. The van der Waals surface area contributed by atoms with E-state index in [2.05, 4.69) is 26.1 Å².